The summed E-state index contributed by atoms with van der Waals surface area (Å²) in [5.74, 6) is 0. The molecule has 0 radical (unpaired) electrons. The van der Waals surface area contributed by atoms with E-state index in [1.807, 2.05) is 18.2 Å². The lowest BCUT2D eigenvalue weighted by Gasteiger charge is -2.49. The Bertz CT molecular complexity index is 1310. The van der Waals surface area contributed by atoms with Crippen molar-refractivity contribution >= 4 is 21.6 Å². The van der Waals surface area contributed by atoms with Gasteiger partial charge in [0.25, 0.3) is 0 Å². The van der Waals surface area contributed by atoms with Crippen molar-refractivity contribution in [1.82, 2.24) is 0 Å². The molecule has 314 valence electrons. The Balaban J connectivity index is 1.32. The summed E-state index contributed by atoms with van der Waals surface area (Å²) in [5, 5.41) is 128. The third kappa shape index (κ3) is 10.2. The lowest BCUT2D eigenvalue weighted by molar-refractivity contribution is -0.387. The zero-order chi connectivity index (χ0) is 40.0. The van der Waals surface area contributed by atoms with Crippen molar-refractivity contribution in [1.29, 1.82) is 0 Å². The van der Waals surface area contributed by atoms with Crippen molar-refractivity contribution in [2.24, 2.45) is 0 Å². The first-order valence-electron chi connectivity index (χ1n) is 17.5. The van der Waals surface area contributed by atoms with Crippen LogP contribution in [-0.2, 0) is 37.9 Å². The number of hydrogen-bond acceptors (Lipinski definition) is 22. The van der Waals surface area contributed by atoms with E-state index in [9.17, 15) is 61.3 Å². The van der Waals surface area contributed by atoms with Crippen LogP contribution in [0.3, 0.4) is 0 Å². The monoisotopic (exact) mass is 830 g/mol. The van der Waals surface area contributed by atoms with Crippen LogP contribution in [0.2, 0.25) is 0 Å². The van der Waals surface area contributed by atoms with E-state index in [1.54, 1.807) is 12.1 Å². The highest BCUT2D eigenvalue weighted by Gasteiger charge is 2.55. The molecule has 4 heterocycles. The van der Waals surface area contributed by atoms with E-state index < -0.39 is 148 Å². The maximum Gasteiger partial charge on any atom is 0.187 e. The maximum absolute atomic E-state index is 11.4. The average molecular weight is 831 g/mol. The number of hydrogen-bond donors (Lipinski definition) is 12. The van der Waals surface area contributed by atoms with Crippen molar-refractivity contribution in [3.63, 3.8) is 0 Å². The van der Waals surface area contributed by atoms with Gasteiger partial charge in [-0.15, -0.1) is 6.58 Å². The number of ether oxygens (including phenoxy) is 8. The summed E-state index contributed by atoms with van der Waals surface area (Å²) < 4.78 is 45.3. The molecule has 0 unspecified atom stereocenters. The van der Waals surface area contributed by atoms with Crippen molar-refractivity contribution in [3.8, 4) is 0 Å². The van der Waals surface area contributed by atoms with Gasteiger partial charge in [0, 0.05) is 4.90 Å². The van der Waals surface area contributed by atoms with Crippen LogP contribution in [0.1, 0.15) is 0 Å². The first kappa shape index (κ1) is 45.0. The highest BCUT2D eigenvalue weighted by molar-refractivity contribution is 8.76. The van der Waals surface area contributed by atoms with Gasteiger partial charge < -0.3 is 99.2 Å². The van der Waals surface area contributed by atoms with Crippen molar-refractivity contribution < 1.29 is 99.2 Å². The molecule has 0 aromatic heterocycles. The molecule has 4 aliphatic rings. The van der Waals surface area contributed by atoms with Gasteiger partial charge in [0.1, 0.15) is 103 Å². The summed E-state index contributed by atoms with van der Waals surface area (Å²) in [4.78, 5) is 0.811. The van der Waals surface area contributed by atoms with Crippen LogP contribution < -0.4 is 0 Å². The fourth-order valence-corrected chi connectivity index (χ4v) is 8.89. The minimum Gasteiger partial charge on any atom is -0.394 e. The molecule has 20 nitrogen and oxygen atoms in total. The number of aliphatic hydroxyl groups is 12. The molecule has 5 rings (SSSR count). The van der Waals surface area contributed by atoms with E-state index in [4.69, 9.17) is 37.9 Å². The molecule has 4 fully saturated rings. The van der Waals surface area contributed by atoms with Crippen LogP contribution in [0.15, 0.2) is 47.9 Å². The molecule has 0 amide bonds. The van der Waals surface area contributed by atoms with Gasteiger partial charge in [-0.2, -0.15) is 0 Å². The van der Waals surface area contributed by atoms with E-state index in [0.29, 0.717) is 0 Å². The van der Waals surface area contributed by atoms with Gasteiger partial charge in [-0.05, 0) is 12.1 Å². The van der Waals surface area contributed by atoms with Crippen LogP contribution in [0.5, 0.6) is 0 Å². The standard InChI is InChI=1S/C33H50O20S2/c1-2-8-46-26-18(38)14(9-34)47-30(22(26)42)51-27-19(39)15(10-35)48-31(23(27)43)52-28-20(40)16(11-36)49-32(24(28)44)53-29-21(41)17(12-37)50-33(25(29)45)55-54-13-6-4-3-5-7-13/h2-7,14-45H,1,8-12H2/t14-,15-,16-,17-,18-,19-,20-,21-,22-,23-,24-,25-,26+,27+,28+,29+,30+,31+,32+,33+/m1/s1. The Hall–Kier alpha value is -1.14. The van der Waals surface area contributed by atoms with Gasteiger partial charge in [-0.25, -0.2) is 0 Å². The van der Waals surface area contributed by atoms with E-state index >= 15 is 0 Å². The maximum atomic E-state index is 11.4. The fraction of sp³-hybridized carbons (Fsp3) is 0.758. The molecule has 12 N–H and O–H groups in total. The van der Waals surface area contributed by atoms with Crippen LogP contribution >= 0.6 is 21.6 Å². The molecule has 0 spiro atoms. The highest BCUT2D eigenvalue weighted by Crippen LogP contribution is 2.41. The number of rotatable bonds is 16. The highest BCUT2D eigenvalue weighted by atomic mass is 33.1. The molecule has 4 saturated heterocycles. The second kappa shape index (κ2) is 20.7. The molecule has 55 heavy (non-hydrogen) atoms. The smallest absolute Gasteiger partial charge is 0.187 e. The molecule has 20 atom stereocenters. The minimum atomic E-state index is -2.01. The summed E-state index contributed by atoms with van der Waals surface area (Å²) in [6.45, 7) is 0.234. The Morgan fingerprint density at radius 2 is 0.909 bits per heavy atom. The van der Waals surface area contributed by atoms with Crippen LogP contribution in [0.25, 0.3) is 0 Å². The lowest BCUT2D eigenvalue weighted by Crippen LogP contribution is -2.67. The van der Waals surface area contributed by atoms with Gasteiger partial charge in [-0.3, -0.25) is 0 Å². The number of aliphatic hydroxyl groups excluding tert-OH is 12. The third-order valence-corrected chi connectivity index (χ3v) is 12.1. The fourth-order valence-electron chi connectivity index (χ4n) is 6.53. The molecule has 4 aliphatic heterocycles. The van der Waals surface area contributed by atoms with Gasteiger partial charge in [-0.1, -0.05) is 45.9 Å². The lowest BCUT2D eigenvalue weighted by atomic mass is 9.95. The van der Waals surface area contributed by atoms with E-state index in [1.165, 1.54) is 16.9 Å². The molecule has 1 aromatic carbocycles. The Kier molecular flexibility index (Phi) is 16.9. The van der Waals surface area contributed by atoms with Crippen LogP contribution in [0.4, 0.5) is 0 Å². The quantitative estimate of drug-likeness (QED) is 0.0548. The predicted octanol–water partition coefficient (Wildman–Crippen LogP) is -5.09. The van der Waals surface area contributed by atoms with Gasteiger partial charge in [0.2, 0.25) is 0 Å². The molecular weight excluding hydrogens is 780 g/mol. The van der Waals surface area contributed by atoms with E-state index in [-0.39, 0.29) is 6.61 Å². The van der Waals surface area contributed by atoms with Crippen molar-refractivity contribution in [2.75, 3.05) is 33.0 Å². The van der Waals surface area contributed by atoms with E-state index in [2.05, 4.69) is 6.58 Å². The van der Waals surface area contributed by atoms with Crippen LogP contribution in [-0.4, -0.2) is 216 Å². The first-order chi connectivity index (χ1) is 26.4. The SMILES string of the molecule is C=CCO[C@@H]1[C@@H](O)[C@H](O[C@@H]2[C@@H](O)[C@H](O[C@@H]3[C@@H](O)[C@H](O[C@@H]4[C@@H](O)[C@H](SSc5ccccc5)O[C@H](CO)[C@H]4O)O[C@H](CO)[C@H]3O)O[C@H](CO)[C@H]2O)O[C@H](CO)[C@H]1O. The Labute approximate surface area is 323 Å². The number of benzene rings is 1. The summed E-state index contributed by atoms with van der Waals surface area (Å²) in [7, 11) is 2.32. The van der Waals surface area contributed by atoms with Gasteiger partial charge in [0.15, 0.2) is 18.9 Å². The summed E-state index contributed by atoms with van der Waals surface area (Å²) in [5.41, 5.74) is -1.07. The summed E-state index contributed by atoms with van der Waals surface area (Å²) in [6, 6.07) is 9.07. The topological polar surface area (TPSA) is 317 Å². The Morgan fingerprint density at radius 3 is 1.33 bits per heavy atom. The second-order valence-corrected chi connectivity index (χ2v) is 15.6. The van der Waals surface area contributed by atoms with Crippen molar-refractivity contribution in [3.05, 3.63) is 43.0 Å². The molecule has 0 saturated carbocycles. The molecule has 0 aliphatic carbocycles. The van der Waals surface area contributed by atoms with Gasteiger partial charge >= 0.3 is 0 Å². The Morgan fingerprint density at radius 1 is 0.527 bits per heavy atom. The normalized spacial score (nSPS) is 45.3. The zero-order valence-electron chi connectivity index (χ0n) is 29.2. The molecule has 22 heteroatoms. The first-order valence-corrected chi connectivity index (χ1v) is 19.7. The largest absolute Gasteiger partial charge is 0.394 e. The molecule has 0 bridgehead atoms. The predicted molar refractivity (Wildman–Crippen MR) is 185 cm³/mol. The van der Waals surface area contributed by atoms with Crippen LogP contribution in [0, 0.1) is 0 Å². The molecular formula is C33H50O20S2. The van der Waals surface area contributed by atoms with Crippen molar-refractivity contribution in [2.45, 2.75) is 127 Å². The minimum absolute atomic E-state index is 0.120. The molecule has 1 aromatic rings. The second-order valence-electron chi connectivity index (χ2n) is 13.2. The third-order valence-electron chi connectivity index (χ3n) is 9.55. The average Bonchev–Trinajstić information content (AvgIpc) is 3.19. The van der Waals surface area contributed by atoms with Gasteiger partial charge in [0.05, 0.1) is 33.0 Å². The summed E-state index contributed by atoms with van der Waals surface area (Å²) in [6.07, 6.45) is -30.5. The van der Waals surface area contributed by atoms with E-state index in [0.717, 1.165) is 15.7 Å². The zero-order valence-corrected chi connectivity index (χ0v) is 30.8. The summed E-state index contributed by atoms with van der Waals surface area (Å²) >= 11 is 0.